The highest BCUT2D eigenvalue weighted by atomic mass is 15.1. The Labute approximate surface area is 122 Å². The van der Waals surface area contributed by atoms with Crippen LogP contribution in [0.15, 0.2) is 30.3 Å². The van der Waals surface area contributed by atoms with Crippen LogP contribution in [0.4, 0.5) is 5.82 Å². The summed E-state index contributed by atoms with van der Waals surface area (Å²) in [6, 6.07) is 10.5. The zero-order chi connectivity index (χ0) is 14.5. The number of nitrogens with one attached hydrogen (secondary N) is 1. The fraction of sp³-hybridized carbons (Fsp3) is 0.471. The Hall–Kier alpha value is -1.61. The predicted molar refractivity (Wildman–Crippen MR) is 87.1 cm³/mol. The molecule has 1 N–H and O–H groups in total. The second-order valence-electron chi connectivity index (χ2n) is 5.65. The summed E-state index contributed by atoms with van der Waals surface area (Å²) < 4.78 is 0. The lowest BCUT2D eigenvalue weighted by Crippen LogP contribution is -2.24. The molecule has 0 bridgehead atoms. The smallest absolute Gasteiger partial charge is 0.130 e. The standard InChI is InChI=1S/C17H25N3/c1-5-13(2)11-20(4)12-15-10-14-8-6-7-9-16(14)19-17(15)18-3/h6-10,13H,5,11-12H2,1-4H3,(H,18,19). The van der Waals surface area contributed by atoms with E-state index in [2.05, 4.69) is 55.4 Å². The zero-order valence-electron chi connectivity index (χ0n) is 13.0. The van der Waals surface area contributed by atoms with Gasteiger partial charge >= 0.3 is 0 Å². The summed E-state index contributed by atoms with van der Waals surface area (Å²) in [5.74, 6) is 1.71. The largest absolute Gasteiger partial charge is 0.373 e. The Bertz CT molecular complexity index is 565. The first-order valence-electron chi connectivity index (χ1n) is 7.39. The fourth-order valence-electron chi connectivity index (χ4n) is 2.51. The molecule has 0 fully saturated rings. The van der Waals surface area contributed by atoms with Gasteiger partial charge in [-0.15, -0.1) is 0 Å². The monoisotopic (exact) mass is 271 g/mol. The molecular weight excluding hydrogens is 246 g/mol. The summed E-state index contributed by atoms with van der Waals surface area (Å²) in [5, 5.41) is 4.43. The third-order valence-electron chi connectivity index (χ3n) is 3.80. The van der Waals surface area contributed by atoms with E-state index < -0.39 is 0 Å². The van der Waals surface area contributed by atoms with Gasteiger partial charge in [0.15, 0.2) is 0 Å². The predicted octanol–water partition coefficient (Wildman–Crippen LogP) is 3.75. The minimum absolute atomic E-state index is 0.728. The summed E-state index contributed by atoms with van der Waals surface area (Å²) in [7, 11) is 4.12. The first kappa shape index (κ1) is 14.8. The molecule has 1 aromatic heterocycles. The third-order valence-corrected chi connectivity index (χ3v) is 3.80. The van der Waals surface area contributed by atoms with Gasteiger partial charge in [-0.25, -0.2) is 4.98 Å². The highest BCUT2D eigenvalue weighted by Gasteiger charge is 2.10. The van der Waals surface area contributed by atoms with E-state index in [-0.39, 0.29) is 0 Å². The Morgan fingerprint density at radius 2 is 2.05 bits per heavy atom. The van der Waals surface area contributed by atoms with Crippen molar-refractivity contribution in [2.75, 3.05) is 26.0 Å². The zero-order valence-corrected chi connectivity index (χ0v) is 13.0. The number of hydrogen-bond donors (Lipinski definition) is 1. The molecule has 1 unspecified atom stereocenters. The van der Waals surface area contributed by atoms with Crippen LogP contribution in [0.25, 0.3) is 10.9 Å². The van der Waals surface area contributed by atoms with Gasteiger partial charge in [-0.05, 0) is 25.1 Å². The molecule has 2 aromatic rings. The summed E-state index contributed by atoms with van der Waals surface area (Å²) in [6.45, 7) is 6.59. The van der Waals surface area contributed by atoms with Gasteiger partial charge in [-0.2, -0.15) is 0 Å². The van der Waals surface area contributed by atoms with E-state index in [4.69, 9.17) is 4.98 Å². The van der Waals surface area contributed by atoms with E-state index >= 15 is 0 Å². The first-order valence-corrected chi connectivity index (χ1v) is 7.39. The van der Waals surface area contributed by atoms with Crippen LogP contribution in [-0.2, 0) is 6.54 Å². The van der Waals surface area contributed by atoms with Gasteiger partial charge < -0.3 is 10.2 Å². The number of fused-ring (bicyclic) bond motifs is 1. The number of nitrogens with zero attached hydrogens (tertiary/aromatic N) is 2. The topological polar surface area (TPSA) is 28.2 Å². The SMILES string of the molecule is CCC(C)CN(C)Cc1cc2ccccc2nc1NC. The van der Waals surface area contributed by atoms with Gasteiger partial charge in [0.25, 0.3) is 0 Å². The molecule has 20 heavy (non-hydrogen) atoms. The number of pyridine rings is 1. The number of anilines is 1. The second kappa shape index (κ2) is 6.71. The maximum atomic E-state index is 4.71. The van der Waals surface area contributed by atoms with Crippen LogP contribution >= 0.6 is 0 Å². The van der Waals surface area contributed by atoms with Crippen molar-refractivity contribution in [3.63, 3.8) is 0 Å². The summed E-state index contributed by atoms with van der Waals surface area (Å²) in [4.78, 5) is 7.08. The molecule has 108 valence electrons. The molecule has 3 heteroatoms. The highest BCUT2D eigenvalue weighted by Crippen LogP contribution is 2.21. The third kappa shape index (κ3) is 3.48. The molecule has 3 nitrogen and oxygen atoms in total. The van der Waals surface area contributed by atoms with Gasteiger partial charge in [-0.1, -0.05) is 38.5 Å². The maximum absolute atomic E-state index is 4.71. The van der Waals surface area contributed by atoms with E-state index in [1.165, 1.54) is 17.4 Å². The number of hydrogen-bond acceptors (Lipinski definition) is 3. The van der Waals surface area contributed by atoms with E-state index in [1.807, 2.05) is 13.1 Å². The first-order chi connectivity index (χ1) is 9.63. The quantitative estimate of drug-likeness (QED) is 0.867. The van der Waals surface area contributed by atoms with Crippen LogP contribution in [0.2, 0.25) is 0 Å². The highest BCUT2D eigenvalue weighted by molar-refractivity contribution is 5.81. The van der Waals surface area contributed by atoms with Crippen LogP contribution < -0.4 is 5.32 Å². The number of aromatic nitrogens is 1. The van der Waals surface area contributed by atoms with Gasteiger partial charge in [0.05, 0.1) is 5.52 Å². The lowest BCUT2D eigenvalue weighted by atomic mass is 10.1. The Morgan fingerprint density at radius 1 is 1.30 bits per heavy atom. The Kier molecular flexibility index (Phi) is 4.96. The molecule has 0 aliphatic rings. The molecule has 0 aliphatic carbocycles. The molecule has 0 aliphatic heterocycles. The second-order valence-corrected chi connectivity index (χ2v) is 5.65. The van der Waals surface area contributed by atoms with Crippen LogP contribution in [0.3, 0.4) is 0 Å². The average Bonchev–Trinajstić information content (AvgIpc) is 2.46. The molecule has 0 radical (unpaired) electrons. The van der Waals surface area contributed by atoms with Crippen molar-refractivity contribution in [2.24, 2.45) is 5.92 Å². The molecule has 1 heterocycles. The number of benzene rings is 1. The molecule has 0 saturated carbocycles. The van der Waals surface area contributed by atoms with E-state index in [1.54, 1.807) is 0 Å². The van der Waals surface area contributed by atoms with Crippen LogP contribution in [0.5, 0.6) is 0 Å². The van der Waals surface area contributed by atoms with Gasteiger partial charge in [0.1, 0.15) is 5.82 Å². The lowest BCUT2D eigenvalue weighted by Gasteiger charge is -2.21. The molecule has 0 amide bonds. The Balaban J connectivity index is 2.23. The van der Waals surface area contributed by atoms with E-state index in [0.29, 0.717) is 0 Å². The van der Waals surface area contributed by atoms with E-state index in [9.17, 15) is 0 Å². The van der Waals surface area contributed by atoms with E-state index in [0.717, 1.165) is 30.3 Å². The summed E-state index contributed by atoms with van der Waals surface area (Å²) >= 11 is 0. The normalized spacial score (nSPS) is 12.8. The molecule has 2 rings (SSSR count). The van der Waals surface area contributed by atoms with Crippen molar-refractivity contribution in [1.82, 2.24) is 9.88 Å². The fourth-order valence-corrected chi connectivity index (χ4v) is 2.51. The Morgan fingerprint density at radius 3 is 2.75 bits per heavy atom. The number of para-hydroxylation sites is 1. The molecule has 1 aromatic carbocycles. The average molecular weight is 271 g/mol. The van der Waals surface area contributed by atoms with Crippen LogP contribution in [0, 0.1) is 5.92 Å². The molecule has 0 saturated heterocycles. The van der Waals surface area contributed by atoms with Gasteiger partial charge in [-0.3, -0.25) is 0 Å². The minimum Gasteiger partial charge on any atom is -0.373 e. The summed E-state index contributed by atoms with van der Waals surface area (Å²) in [6.07, 6.45) is 1.22. The van der Waals surface area contributed by atoms with Crippen molar-refractivity contribution >= 4 is 16.7 Å². The van der Waals surface area contributed by atoms with Crippen LogP contribution in [0.1, 0.15) is 25.8 Å². The summed E-state index contributed by atoms with van der Waals surface area (Å²) in [5.41, 5.74) is 2.31. The molecular formula is C17H25N3. The lowest BCUT2D eigenvalue weighted by molar-refractivity contribution is 0.275. The van der Waals surface area contributed by atoms with Crippen molar-refractivity contribution < 1.29 is 0 Å². The molecule has 0 spiro atoms. The van der Waals surface area contributed by atoms with Gasteiger partial charge in [0, 0.05) is 31.1 Å². The van der Waals surface area contributed by atoms with Crippen molar-refractivity contribution in [3.05, 3.63) is 35.9 Å². The number of rotatable bonds is 6. The minimum atomic E-state index is 0.728. The van der Waals surface area contributed by atoms with Crippen molar-refractivity contribution in [1.29, 1.82) is 0 Å². The van der Waals surface area contributed by atoms with Crippen molar-refractivity contribution in [3.8, 4) is 0 Å². The van der Waals surface area contributed by atoms with Crippen molar-refractivity contribution in [2.45, 2.75) is 26.8 Å². The maximum Gasteiger partial charge on any atom is 0.130 e. The van der Waals surface area contributed by atoms with Crippen LogP contribution in [-0.4, -0.2) is 30.5 Å². The molecule has 1 atom stereocenters. The van der Waals surface area contributed by atoms with Gasteiger partial charge in [0.2, 0.25) is 0 Å².